The Kier molecular flexibility index (Phi) is 5.48. The SMILES string of the molecule is Cc1cc(/C=C/C#N)cc(C)c1-c1ccnc2c(N)nc(Nc3ccc(C#N)cc3)nc12. The Balaban J connectivity index is 1.83. The van der Waals surface area contributed by atoms with Crippen LogP contribution in [0.15, 0.2) is 54.7 Å². The van der Waals surface area contributed by atoms with E-state index in [1.807, 2.05) is 38.1 Å². The highest BCUT2D eigenvalue weighted by Crippen LogP contribution is 2.34. The van der Waals surface area contributed by atoms with Gasteiger partial charge in [0.15, 0.2) is 5.82 Å². The predicted octanol–water partition coefficient (Wildman–Crippen LogP) is 5.04. The van der Waals surface area contributed by atoms with Crippen molar-refractivity contribution >= 4 is 34.6 Å². The monoisotopic (exact) mass is 417 g/mol. The Morgan fingerprint density at radius 3 is 2.34 bits per heavy atom. The number of nitrogens with one attached hydrogen (secondary N) is 1. The predicted molar refractivity (Wildman–Crippen MR) is 126 cm³/mol. The molecule has 7 heteroatoms. The highest BCUT2D eigenvalue weighted by molar-refractivity contribution is 5.98. The molecule has 2 aromatic heterocycles. The summed E-state index contributed by atoms with van der Waals surface area (Å²) in [7, 11) is 0. The number of nitrogens with zero attached hydrogens (tertiary/aromatic N) is 5. The van der Waals surface area contributed by atoms with Crippen LogP contribution in [0.2, 0.25) is 0 Å². The summed E-state index contributed by atoms with van der Waals surface area (Å²) < 4.78 is 0. The van der Waals surface area contributed by atoms with Crippen molar-refractivity contribution in [3.05, 3.63) is 77.0 Å². The first-order chi connectivity index (χ1) is 15.5. The van der Waals surface area contributed by atoms with Gasteiger partial charge in [0.1, 0.15) is 11.0 Å². The van der Waals surface area contributed by atoms with E-state index in [2.05, 4.69) is 21.4 Å². The molecule has 32 heavy (non-hydrogen) atoms. The fourth-order valence-electron chi connectivity index (χ4n) is 3.72. The van der Waals surface area contributed by atoms with E-state index < -0.39 is 0 Å². The lowest BCUT2D eigenvalue weighted by Crippen LogP contribution is -2.04. The molecule has 7 nitrogen and oxygen atoms in total. The van der Waals surface area contributed by atoms with E-state index in [1.165, 1.54) is 6.08 Å². The van der Waals surface area contributed by atoms with Gasteiger partial charge in [-0.1, -0.05) is 12.1 Å². The maximum Gasteiger partial charge on any atom is 0.229 e. The number of hydrogen-bond acceptors (Lipinski definition) is 7. The number of pyridine rings is 1. The minimum atomic E-state index is 0.275. The average Bonchev–Trinajstić information content (AvgIpc) is 2.78. The van der Waals surface area contributed by atoms with Gasteiger partial charge in [-0.25, -0.2) is 4.98 Å². The molecule has 0 atom stereocenters. The fraction of sp³-hybridized carbons (Fsp3) is 0.0800. The normalized spacial score (nSPS) is 10.8. The van der Waals surface area contributed by atoms with E-state index in [0.29, 0.717) is 22.5 Å². The second-order valence-corrected chi connectivity index (χ2v) is 7.29. The molecule has 0 saturated heterocycles. The number of fused-ring (bicyclic) bond motifs is 1. The number of aromatic nitrogens is 3. The fourth-order valence-corrected chi connectivity index (χ4v) is 3.72. The molecule has 2 heterocycles. The summed E-state index contributed by atoms with van der Waals surface area (Å²) in [4.78, 5) is 13.5. The van der Waals surface area contributed by atoms with Crippen LogP contribution in [0.4, 0.5) is 17.5 Å². The van der Waals surface area contributed by atoms with Crippen molar-refractivity contribution in [2.75, 3.05) is 11.1 Å². The molecule has 0 saturated carbocycles. The van der Waals surface area contributed by atoms with Crippen LogP contribution in [0.1, 0.15) is 22.3 Å². The van der Waals surface area contributed by atoms with Crippen molar-refractivity contribution in [2.24, 2.45) is 0 Å². The summed E-state index contributed by atoms with van der Waals surface area (Å²) in [6.45, 7) is 4.05. The number of nitrogen functional groups attached to an aromatic ring is 1. The first-order valence-electron chi connectivity index (χ1n) is 9.87. The summed E-state index contributed by atoms with van der Waals surface area (Å²) in [5, 5.41) is 20.9. The van der Waals surface area contributed by atoms with E-state index in [4.69, 9.17) is 21.2 Å². The first-order valence-corrected chi connectivity index (χ1v) is 9.87. The number of benzene rings is 2. The third-order valence-electron chi connectivity index (χ3n) is 5.06. The second kappa shape index (κ2) is 8.55. The number of nitriles is 2. The van der Waals surface area contributed by atoms with Crippen LogP contribution < -0.4 is 11.1 Å². The Bertz CT molecular complexity index is 1420. The van der Waals surface area contributed by atoms with Crippen LogP contribution in [-0.2, 0) is 0 Å². The Hall–Kier alpha value is -4.75. The maximum atomic E-state index is 8.98. The number of hydrogen-bond donors (Lipinski definition) is 2. The molecule has 3 N–H and O–H groups in total. The quantitative estimate of drug-likeness (QED) is 0.445. The zero-order valence-electron chi connectivity index (χ0n) is 17.6. The highest BCUT2D eigenvalue weighted by Gasteiger charge is 2.15. The minimum Gasteiger partial charge on any atom is -0.382 e. The molecule has 0 aliphatic rings. The molecule has 0 unspecified atom stereocenters. The van der Waals surface area contributed by atoms with Gasteiger partial charge in [0.05, 0.1) is 17.7 Å². The topological polar surface area (TPSA) is 124 Å². The zero-order chi connectivity index (χ0) is 22.7. The van der Waals surface area contributed by atoms with E-state index in [0.717, 1.165) is 33.5 Å². The lowest BCUT2D eigenvalue weighted by atomic mass is 9.93. The number of allylic oxidation sites excluding steroid dienone is 1. The number of nitrogens with two attached hydrogens (primary N) is 1. The Morgan fingerprint density at radius 2 is 1.69 bits per heavy atom. The number of rotatable bonds is 4. The number of anilines is 3. The number of aryl methyl sites for hydroxylation is 2. The molecule has 0 aliphatic carbocycles. The summed E-state index contributed by atoms with van der Waals surface area (Å²) in [5.41, 5.74) is 13.7. The van der Waals surface area contributed by atoms with Crippen molar-refractivity contribution in [1.29, 1.82) is 10.5 Å². The first kappa shape index (κ1) is 20.5. The van der Waals surface area contributed by atoms with Gasteiger partial charge < -0.3 is 11.1 Å². The van der Waals surface area contributed by atoms with Gasteiger partial charge in [-0.15, -0.1) is 0 Å². The lowest BCUT2D eigenvalue weighted by molar-refractivity contribution is 1.20. The van der Waals surface area contributed by atoms with Gasteiger partial charge in [0.25, 0.3) is 0 Å². The summed E-state index contributed by atoms with van der Waals surface area (Å²) >= 11 is 0. The molecule has 0 radical (unpaired) electrons. The largest absolute Gasteiger partial charge is 0.382 e. The third kappa shape index (κ3) is 3.96. The van der Waals surface area contributed by atoms with Crippen molar-refractivity contribution in [2.45, 2.75) is 13.8 Å². The lowest BCUT2D eigenvalue weighted by Gasteiger charge is -2.15. The zero-order valence-corrected chi connectivity index (χ0v) is 17.6. The Labute approximate surface area is 185 Å². The molecule has 0 bridgehead atoms. The third-order valence-corrected chi connectivity index (χ3v) is 5.06. The van der Waals surface area contributed by atoms with Gasteiger partial charge in [-0.2, -0.15) is 15.5 Å². The molecule has 0 aliphatic heterocycles. The summed E-state index contributed by atoms with van der Waals surface area (Å²) in [5.74, 6) is 0.620. The molecule has 4 aromatic rings. The molecule has 4 rings (SSSR count). The summed E-state index contributed by atoms with van der Waals surface area (Å²) in [6, 6.07) is 17.1. The standard InChI is InChI=1S/C25H19N7/c1-15-12-18(4-3-10-26)13-16(2)21(15)20-9-11-29-23-22(20)31-25(32-24(23)28)30-19-7-5-17(14-27)6-8-19/h3-9,11-13H,1-2H3,(H3,28,30,31,32)/b4-3+. The molecular formula is C25H19N7. The van der Waals surface area contributed by atoms with Gasteiger partial charge in [-0.05, 0) is 72.5 Å². The van der Waals surface area contributed by atoms with Gasteiger partial charge in [-0.3, -0.25) is 4.98 Å². The van der Waals surface area contributed by atoms with Crippen LogP contribution in [0, 0.1) is 36.5 Å². The molecule has 0 fully saturated rings. The van der Waals surface area contributed by atoms with Crippen LogP contribution in [0.3, 0.4) is 0 Å². The maximum absolute atomic E-state index is 8.98. The van der Waals surface area contributed by atoms with Crippen LogP contribution in [0.5, 0.6) is 0 Å². The van der Waals surface area contributed by atoms with Crippen LogP contribution in [-0.4, -0.2) is 15.0 Å². The molecule has 0 amide bonds. The van der Waals surface area contributed by atoms with Gasteiger partial charge in [0.2, 0.25) is 5.95 Å². The van der Waals surface area contributed by atoms with Crippen LogP contribution >= 0.6 is 0 Å². The second-order valence-electron chi connectivity index (χ2n) is 7.29. The van der Waals surface area contributed by atoms with Crippen molar-refractivity contribution in [1.82, 2.24) is 15.0 Å². The molecule has 154 valence electrons. The Morgan fingerprint density at radius 1 is 0.969 bits per heavy atom. The van der Waals surface area contributed by atoms with E-state index >= 15 is 0 Å². The van der Waals surface area contributed by atoms with E-state index in [1.54, 1.807) is 36.5 Å². The molecule has 0 spiro atoms. The summed E-state index contributed by atoms with van der Waals surface area (Å²) in [6.07, 6.45) is 4.95. The van der Waals surface area contributed by atoms with Gasteiger partial charge >= 0.3 is 0 Å². The van der Waals surface area contributed by atoms with Crippen LogP contribution in [0.25, 0.3) is 28.2 Å². The molecular weight excluding hydrogens is 398 g/mol. The minimum absolute atomic E-state index is 0.275. The van der Waals surface area contributed by atoms with E-state index in [-0.39, 0.29) is 5.82 Å². The van der Waals surface area contributed by atoms with Gasteiger partial charge in [0, 0.05) is 23.5 Å². The van der Waals surface area contributed by atoms with Crippen molar-refractivity contribution in [3.8, 4) is 23.3 Å². The smallest absolute Gasteiger partial charge is 0.229 e. The average molecular weight is 417 g/mol. The van der Waals surface area contributed by atoms with E-state index in [9.17, 15) is 0 Å². The van der Waals surface area contributed by atoms with Crippen molar-refractivity contribution in [3.63, 3.8) is 0 Å². The van der Waals surface area contributed by atoms with Crippen molar-refractivity contribution < 1.29 is 0 Å². The highest BCUT2D eigenvalue weighted by atomic mass is 15.1. The molecule has 2 aromatic carbocycles.